The topological polar surface area (TPSA) is 56.7 Å². The van der Waals surface area contributed by atoms with Gasteiger partial charge in [0.15, 0.2) is 5.96 Å². The Bertz CT molecular complexity index is 821. The van der Waals surface area contributed by atoms with E-state index >= 15 is 0 Å². The highest BCUT2D eigenvalue weighted by atomic mass is 16.2. The molecular weight excluding hydrogens is 348 g/mol. The number of benzene rings is 2. The summed E-state index contributed by atoms with van der Waals surface area (Å²) in [7, 11) is 1.77. The molecule has 5 heteroatoms. The summed E-state index contributed by atoms with van der Waals surface area (Å²) >= 11 is 0. The van der Waals surface area contributed by atoms with Crippen molar-refractivity contribution in [3.63, 3.8) is 0 Å². The first-order valence-corrected chi connectivity index (χ1v) is 9.95. The summed E-state index contributed by atoms with van der Waals surface area (Å²) < 4.78 is 0. The van der Waals surface area contributed by atoms with Crippen molar-refractivity contribution in [2.24, 2.45) is 4.99 Å². The van der Waals surface area contributed by atoms with Gasteiger partial charge in [0, 0.05) is 33.1 Å². The predicted molar refractivity (Wildman–Crippen MR) is 114 cm³/mol. The largest absolute Gasteiger partial charge is 0.356 e. The Morgan fingerprint density at radius 3 is 2.39 bits per heavy atom. The zero-order chi connectivity index (χ0) is 19.9. The molecule has 0 aromatic heterocycles. The van der Waals surface area contributed by atoms with Gasteiger partial charge in [0.1, 0.15) is 0 Å². The molecule has 28 heavy (non-hydrogen) atoms. The Balaban J connectivity index is 1.40. The van der Waals surface area contributed by atoms with Crippen LogP contribution in [-0.2, 0) is 17.9 Å². The second-order valence-electron chi connectivity index (χ2n) is 7.34. The number of rotatable bonds is 6. The Kier molecular flexibility index (Phi) is 6.69. The number of fused-ring (bicyclic) bond motifs is 1. The van der Waals surface area contributed by atoms with Crippen LogP contribution in [0.3, 0.4) is 0 Å². The number of aliphatic imine (C=N–C) groups is 1. The van der Waals surface area contributed by atoms with Crippen LogP contribution in [0.5, 0.6) is 0 Å². The minimum Gasteiger partial charge on any atom is -0.356 e. The molecule has 0 saturated heterocycles. The van der Waals surface area contributed by atoms with Gasteiger partial charge in [0.25, 0.3) is 0 Å². The third kappa shape index (κ3) is 4.91. The maximum absolute atomic E-state index is 12.5. The van der Waals surface area contributed by atoms with E-state index < -0.39 is 0 Å². The molecule has 2 aromatic carbocycles. The van der Waals surface area contributed by atoms with Gasteiger partial charge in [0.05, 0.1) is 6.04 Å². The van der Waals surface area contributed by atoms with E-state index in [4.69, 9.17) is 0 Å². The number of hydrogen-bond acceptors (Lipinski definition) is 2. The third-order valence-electron chi connectivity index (χ3n) is 5.29. The number of carbonyl (C=O) groups excluding carboxylic acids is 1. The van der Waals surface area contributed by atoms with E-state index in [-0.39, 0.29) is 11.9 Å². The lowest BCUT2D eigenvalue weighted by molar-refractivity contribution is -0.131. The molecule has 0 radical (unpaired) electrons. The Morgan fingerprint density at radius 1 is 1.11 bits per heavy atom. The maximum Gasteiger partial charge on any atom is 0.223 e. The highest BCUT2D eigenvalue weighted by Crippen LogP contribution is 2.22. The summed E-state index contributed by atoms with van der Waals surface area (Å²) in [6.45, 7) is 6.43. The van der Waals surface area contributed by atoms with Gasteiger partial charge in [-0.3, -0.25) is 9.79 Å². The SMILES string of the molecule is CN=C(NCCCC(=O)N1Cc2ccccc2C1)NC(C)c1ccccc1C. The fraction of sp³-hybridized carbons (Fsp3) is 0.391. The van der Waals surface area contributed by atoms with Crippen LogP contribution in [0.25, 0.3) is 0 Å². The molecule has 1 unspecified atom stereocenters. The quantitative estimate of drug-likeness (QED) is 0.459. The molecular formula is C23H30N4O. The summed E-state index contributed by atoms with van der Waals surface area (Å²) in [4.78, 5) is 18.7. The average molecular weight is 379 g/mol. The molecule has 1 amide bonds. The van der Waals surface area contributed by atoms with Crippen molar-refractivity contribution in [2.45, 2.75) is 45.8 Å². The number of aryl methyl sites for hydroxylation is 1. The fourth-order valence-corrected chi connectivity index (χ4v) is 3.66. The summed E-state index contributed by atoms with van der Waals surface area (Å²) in [5, 5.41) is 6.74. The standard InChI is InChI=1S/C23H30N4O/c1-17-9-4-7-12-21(17)18(2)26-23(24-3)25-14-8-13-22(28)27-15-19-10-5-6-11-20(19)16-27/h4-7,9-12,18H,8,13-16H2,1-3H3,(H2,24,25,26). The van der Waals surface area contributed by atoms with Crippen molar-refractivity contribution in [1.82, 2.24) is 15.5 Å². The van der Waals surface area contributed by atoms with Crippen molar-refractivity contribution in [2.75, 3.05) is 13.6 Å². The monoisotopic (exact) mass is 378 g/mol. The predicted octanol–water partition coefficient (Wildman–Crippen LogP) is 3.54. The van der Waals surface area contributed by atoms with E-state index in [0.717, 1.165) is 25.5 Å². The molecule has 148 valence electrons. The van der Waals surface area contributed by atoms with Gasteiger partial charge in [-0.25, -0.2) is 0 Å². The minimum atomic E-state index is 0.164. The molecule has 3 rings (SSSR count). The van der Waals surface area contributed by atoms with E-state index in [1.165, 1.54) is 22.3 Å². The number of nitrogens with one attached hydrogen (secondary N) is 2. The summed E-state index contributed by atoms with van der Waals surface area (Å²) in [5.74, 6) is 0.978. The first kappa shape index (κ1) is 19.9. The molecule has 1 atom stereocenters. The molecule has 1 aliphatic rings. The summed E-state index contributed by atoms with van der Waals surface area (Å²) in [6.07, 6.45) is 1.33. The summed E-state index contributed by atoms with van der Waals surface area (Å²) in [6, 6.07) is 16.8. The van der Waals surface area contributed by atoms with E-state index in [2.05, 4.69) is 65.9 Å². The Hall–Kier alpha value is -2.82. The van der Waals surface area contributed by atoms with Crippen molar-refractivity contribution >= 4 is 11.9 Å². The van der Waals surface area contributed by atoms with Gasteiger partial charge in [-0.05, 0) is 42.5 Å². The van der Waals surface area contributed by atoms with Crippen LogP contribution in [0, 0.1) is 6.92 Å². The second-order valence-corrected chi connectivity index (χ2v) is 7.34. The zero-order valence-electron chi connectivity index (χ0n) is 17.0. The van der Waals surface area contributed by atoms with Crippen molar-refractivity contribution in [3.05, 3.63) is 70.8 Å². The van der Waals surface area contributed by atoms with Gasteiger partial charge >= 0.3 is 0 Å². The van der Waals surface area contributed by atoms with Crippen molar-refractivity contribution in [3.8, 4) is 0 Å². The van der Waals surface area contributed by atoms with Gasteiger partial charge in [-0.1, -0.05) is 48.5 Å². The smallest absolute Gasteiger partial charge is 0.223 e. The number of hydrogen-bond donors (Lipinski definition) is 2. The fourth-order valence-electron chi connectivity index (χ4n) is 3.66. The number of nitrogens with zero attached hydrogens (tertiary/aromatic N) is 2. The van der Waals surface area contributed by atoms with Gasteiger partial charge in [-0.15, -0.1) is 0 Å². The molecule has 0 saturated carbocycles. The molecule has 0 fully saturated rings. The molecule has 2 N–H and O–H groups in total. The molecule has 0 spiro atoms. The lowest BCUT2D eigenvalue weighted by atomic mass is 10.0. The van der Waals surface area contributed by atoms with E-state index in [9.17, 15) is 4.79 Å². The van der Waals surface area contributed by atoms with Gasteiger partial charge < -0.3 is 15.5 Å². The normalized spacial score (nSPS) is 14.5. The highest BCUT2D eigenvalue weighted by Gasteiger charge is 2.22. The first-order chi connectivity index (χ1) is 13.6. The van der Waals surface area contributed by atoms with E-state index in [0.29, 0.717) is 13.0 Å². The van der Waals surface area contributed by atoms with Crippen LogP contribution in [0.15, 0.2) is 53.5 Å². The molecule has 2 aromatic rings. The van der Waals surface area contributed by atoms with Crippen molar-refractivity contribution < 1.29 is 4.79 Å². The van der Waals surface area contributed by atoms with Crippen LogP contribution in [0.4, 0.5) is 0 Å². The van der Waals surface area contributed by atoms with Gasteiger partial charge in [0.2, 0.25) is 5.91 Å². The third-order valence-corrected chi connectivity index (χ3v) is 5.29. The number of amides is 1. The van der Waals surface area contributed by atoms with Crippen LogP contribution in [0.1, 0.15) is 48.1 Å². The lowest BCUT2D eigenvalue weighted by Crippen LogP contribution is -2.39. The molecule has 0 bridgehead atoms. The van der Waals surface area contributed by atoms with E-state index in [1.807, 2.05) is 17.0 Å². The first-order valence-electron chi connectivity index (χ1n) is 9.95. The molecule has 1 heterocycles. The average Bonchev–Trinajstić information content (AvgIpc) is 3.14. The van der Waals surface area contributed by atoms with E-state index in [1.54, 1.807) is 7.05 Å². The summed E-state index contributed by atoms with van der Waals surface area (Å²) in [5.41, 5.74) is 5.05. The Labute approximate surface area is 167 Å². The minimum absolute atomic E-state index is 0.164. The zero-order valence-corrected chi connectivity index (χ0v) is 17.0. The number of carbonyl (C=O) groups is 1. The van der Waals surface area contributed by atoms with Crippen LogP contribution >= 0.6 is 0 Å². The molecule has 0 aliphatic carbocycles. The molecule has 5 nitrogen and oxygen atoms in total. The lowest BCUT2D eigenvalue weighted by Gasteiger charge is -2.20. The second kappa shape index (κ2) is 9.40. The van der Waals surface area contributed by atoms with Crippen LogP contribution in [0.2, 0.25) is 0 Å². The van der Waals surface area contributed by atoms with Crippen molar-refractivity contribution in [1.29, 1.82) is 0 Å². The van der Waals surface area contributed by atoms with Gasteiger partial charge in [-0.2, -0.15) is 0 Å². The molecule has 1 aliphatic heterocycles. The maximum atomic E-state index is 12.5. The number of guanidine groups is 1. The highest BCUT2D eigenvalue weighted by molar-refractivity contribution is 5.80. The van der Waals surface area contributed by atoms with Crippen LogP contribution in [-0.4, -0.2) is 30.4 Å². The Morgan fingerprint density at radius 2 is 1.75 bits per heavy atom. The van der Waals surface area contributed by atoms with Crippen LogP contribution < -0.4 is 10.6 Å².